The van der Waals surface area contributed by atoms with Crippen LogP contribution < -0.4 is 9.88 Å². The fraction of sp³-hybridized carbons (Fsp3) is 0.556. The van der Waals surface area contributed by atoms with Gasteiger partial charge in [-0.3, -0.25) is 4.79 Å². The van der Waals surface area contributed by atoms with Gasteiger partial charge >= 0.3 is 5.97 Å². The first kappa shape index (κ1) is 24.1. The van der Waals surface area contributed by atoms with Gasteiger partial charge in [-0.2, -0.15) is 0 Å². The zero-order valence-electron chi connectivity index (χ0n) is 17.0. The van der Waals surface area contributed by atoms with Crippen molar-refractivity contribution in [2.45, 2.75) is 43.7 Å². The van der Waals surface area contributed by atoms with Gasteiger partial charge in [-0.15, -0.1) is 0 Å². The first-order valence-corrected chi connectivity index (χ1v) is 12.7. The van der Waals surface area contributed by atoms with E-state index in [1.807, 2.05) is 6.92 Å². The van der Waals surface area contributed by atoms with Gasteiger partial charge in [0.25, 0.3) is 5.91 Å². The van der Waals surface area contributed by atoms with Crippen LogP contribution in [0.15, 0.2) is 23.1 Å². The van der Waals surface area contributed by atoms with Crippen molar-refractivity contribution in [3.8, 4) is 5.75 Å². The van der Waals surface area contributed by atoms with E-state index in [4.69, 9.17) is 14.6 Å². The lowest BCUT2D eigenvalue weighted by Gasteiger charge is -2.33. The van der Waals surface area contributed by atoms with Crippen LogP contribution >= 0.6 is 0 Å². The molecule has 1 fully saturated rings. The van der Waals surface area contributed by atoms with E-state index in [-0.39, 0.29) is 33.8 Å². The van der Waals surface area contributed by atoms with Crippen molar-refractivity contribution in [3.05, 3.63) is 23.8 Å². The summed E-state index contributed by atoms with van der Waals surface area (Å²) in [5.41, 5.74) is -0.199. The Kier molecular flexibility index (Phi) is 7.48. The molecule has 0 saturated carbocycles. The van der Waals surface area contributed by atoms with E-state index < -0.39 is 44.4 Å². The third-order valence-corrected chi connectivity index (χ3v) is 7.66. The predicted molar refractivity (Wildman–Crippen MR) is 108 cm³/mol. The molecule has 168 valence electrons. The van der Waals surface area contributed by atoms with Crippen molar-refractivity contribution in [3.63, 3.8) is 0 Å². The summed E-state index contributed by atoms with van der Waals surface area (Å²) in [6.07, 6.45) is 0.928. The molecule has 10 nitrogen and oxygen atoms in total. The second kappa shape index (κ2) is 9.31. The topological polar surface area (TPSA) is 150 Å². The maximum atomic E-state index is 12.8. The molecule has 1 aromatic rings. The highest BCUT2D eigenvalue weighted by atomic mass is 32.2. The Morgan fingerprint density at radius 2 is 2.00 bits per heavy atom. The van der Waals surface area contributed by atoms with Gasteiger partial charge in [0.15, 0.2) is 16.4 Å². The number of nitrogens with two attached hydrogens (primary N) is 1. The second-order valence-electron chi connectivity index (χ2n) is 7.10. The van der Waals surface area contributed by atoms with Crippen LogP contribution in [0.4, 0.5) is 0 Å². The molecule has 1 aliphatic heterocycles. The summed E-state index contributed by atoms with van der Waals surface area (Å²) in [4.78, 5) is 26.4. The number of sulfonamides is 1. The number of rotatable bonds is 8. The Bertz CT molecular complexity index is 1020. The van der Waals surface area contributed by atoms with Crippen molar-refractivity contribution in [1.82, 2.24) is 4.90 Å². The lowest BCUT2D eigenvalue weighted by molar-refractivity contribution is -0.138. The summed E-state index contributed by atoms with van der Waals surface area (Å²) in [6, 6.07) is 2.73. The normalized spacial score (nSPS) is 19.1. The van der Waals surface area contributed by atoms with E-state index >= 15 is 0 Å². The highest BCUT2D eigenvalue weighted by Crippen LogP contribution is 2.24. The van der Waals surface area contributed by atoms with Crippen LogP contribution in [0.25, 0.3) is 0 Å². The number of methoxy groups -OCH3 is 1. The Morgan fingerprint density at radius 3 is 2.50 bits per heavy atom. The summed E-state index contributed by atoms with van der Waals surface area (Å²) in [6.45, 7) is 3.04. The molecular formula is C18H26N2O8S2. The Morgan fingerprint density at radius 1 is 1.33 bits per heavy atom. The molecule has 2 atom stereocenters. The van der Waals surface area contributed by atoms with Crippen molar-refractivity contribution in [2.24, 2.45) is 5.14 Å². The summed E-state index contributed by atoms with van der Waals surface area (Å²) < 4.78 is 56.9. The number of amides is 1. The predicted octanol–water partition coefficient (Wildman–Crippen LogP) is 0.314. The molecule has 2 unspecified atom stereocenters. The Labute approximate surface area is 176 Å². The number of hydrogen-bond acceptors (Lipinski definition) is 8. The minimum Gasteiger partial charge on any atom is -0.496 e. The van der Waals surface area contributed by atoms with Crippen LogP contribution in [0.3, 0.4) is 0 Å². The molecule has 2 rings (SSSR count). The number of primary sulfonamides is 1. The molecule has 0 radical (unpaired) electrons. The fourth-order valence-corrected chi connectivity index (χ4v) is 5.56. The number of sulfone groups is 1. The third-order valence-electron chi connectivity index (χ3n) is 5.00. The van der Waals surface area contributed by atoms with Crippen LogP contribution in [-0.2, 0) is 29.4 Å². The number of esters is 1. The molecule has 2 N–H and O–H groups in total. The van der Waals surface area contributed by atoms with E-state index in [0.29, 0.717) is 12.8 Å². The molecular weight excluding hydrogens is 436 g/mol. The maximum absolute atomic E-state index is 12.8. The average Bonchev–Trinajstić information content (AvgIpc) is 3.03. The number of benzene rings is 1. The minimum atomic E-state index is -4.06. The summed E-state index contributed by atoms with van der Waals surface area (Å²) in [7, 11) is -5.97. The van der Waals surface area contributed by atoms with Crippen LogP contribution in [0.2, 0.25) is 0 Å². The zero-order valence-corrected chi connectivity index (χ0v) is 18.7. The van der Waals surface area contributed by atoms with Crippen molar-refractivity contribution >= 4 is 31.7 Å². The van der Waals surface area contributed by atoms with Gasteiger partial charge in [-0.25, -0.2) is 26.8 Å². The van der Waals surface area contributed by atoms with Crippen molar-refractivity contribution in [2.75, 3.05) is 25.2 Å². The first-order chi connectivity index (χ1) is 13.9. The van der Waals surface area contributed by atoms with Gasteiger partial charge in [-0.05, 0) is 38.0 Å². The smallest absolute Gasteiger partial charge is 0.342 e. The van der Waals surface area contributed by atoms with Crippen LogP contribution in [-0.4, -0.2) is 70.9 Å². The molecule has 30 heavy (non-hydrogen) atoms. The molecule has 12 heteroatoms. The molecule has 0 aromatic heterocycles. The lowest BCUT2D eigenvalue weighted by Crippen LogP contribution is -2.48. The van der Waals surface area contributed by atoms with Crippen LogP contribution in [0.5, 0.6) is 5.75 Å². The lowest BCUT2D eigenvalue weighted by atomic mass is 10.1. The number of nitrogens with zero attached hydrogens (tertiary/aromatic N) is 1. The Hall–Kier alpha value is -2.18. The van der Waals surface area contributed by atoms with Gasteiger partial charge in [0.2, 0.25) is 10.0 Å². The molecule has 1 heterocycles. The van der Waals surface area contributed by atoms with E-state index in [2.05, 4.69) is 0 Å². The van der Waals surface area contributed by atoms with Crippen molar-refractivity contribution in [1.29, 1.82) is 0 Å². The van der Waals surface area contributed by atoms with Crippen LogP contribution in [0, 0.1) is 0 Å². The van der Waals surface area contributed by atoms with Gasteiger partial charge in [0.1, 0.15) is 11.3 Å². The van der Waals surface area contributed by atoms with Gasteiger partial charge in [0.05, 0.1) is 23.5 Å². The molecule has 1 amide bonds. The molecule has 1 aromatic carbocycles. The highest BCUT2D eigenvalue weighted by molar-refractivity contribution is 7.91. The summed E-state index contributed by atoms with van der Waals surface area (Å²) in [5.74, 6) is -1.55. The van der Waals surface area contributed by atoms with Gasteiger partial charge in [-0.1, -0.05) is 6.92 Å². The second-order valence-corrected chi connectivity index (χ2v) is 10.9. The molecule has 1 saturated heterocycles. The average molecular weight is 463 g/mol. The zero-order chi connectivity index (χ0) is 22.7. The number of hydrogen-bond donors (Lipinski definition) is 1. The van der Waals surface area contributed by atoms with E-state index in [9.17, 15) is 26.4 Å². The summed E-state index contributed by atoms with van der Waals surface area (Å²) in [5, 5.41) is 5.09. The third kappa shape index (κ3) is 5.70. The highest BCUT2D eigenvalue weighted by Gasteiger charge is 2.37. The van der Waals surface area contributed by atoms with E-state index in [1.165, 1.54) is 24.1 Å². The van der Waals surface area contributed by atoms with Gasteiger partial charge < -0.3 is 14.4 Å². The molecule has 1 aliphatic rings. The number of carbonyl (C=O) groups is 2. The first-order valence-electron chi connectivity index (χ1n) is 9.29. The Balaban J connectivity index is 2.18. The van der Waals surface area contributed by atoms with Crippen LogP contribution in [0.1, 0.15) is 37.0 Å². The molecule has 0 aliphatic carbocycles. The molecule has 0 spiro atoms. The van der Waals surface area contributed by atoms with E-state index in [1.54, 1.807) is 6.92 Å². The largest absolute Gasteiger partial charge is 0.496 e. The SMILES string of the molecule is CCC(C)N(C(=O)COC(=O)c1cc(S(N)(=O)=O)ccc1OC)C1CCS(=O)(=O)C1. The minimum absolute atomic E-state index is 0.00915. The number of ether oxygens (including phenoxy) is 2. The number of carbonyl (C=O) groups excluding carboxylic acids is 2. The standard InChI is InChI=1S/C18H26N2O8S2/c1-4-12(2)20(13-7-8-29(23,24)11-13)17(21)10-28-18(22)15-9-14(30(19,25)26)5-6-16(15)27-3/h5-6,9,12-13H,4,7-8,10-11H2,1-3H3,(H2,19,25,26). The fourth-order valence-electron chi connectivity index (χ4n) is 3.30. The van der Waals surface area contributed by atoms with Gasteiger partial charge in [0, 0.05) is 12.1 Å². The summed E-state index contributed by atoms with van der Waals surface area (Å²) >= 11 is 0. The maximum Gasteiger partial charge on any atom is 0.342 e. The monoisotopic (exact) mass is 462 g/mol. The molecule has 0 bridgehead atoms. The van der Waals surface area contributed by atoms with Crippen molar-refractivity contribution < 1.29 is 35.9 Å². The quantitative estimate of drug-likeness (QED) is 0.542. The van der Waals surface area contributed by atoms with E-state index in [0.717, 1.165) is 6.07 Å².